The Bertz CT molecular complexity index is 836. The van der Waals surface area contributed by atoms with Gasteiger partial charge in [-0.1, -0.05) is 25.1 Å². The molecule has 0 radical (unpaired) electrons. The van der Waals surface area contributed by atoms with Crippen molar-refractivity contribution in [2.45, 2.75) is 26.2 Å². The molecule has 0 saturated heterocycles. The van der Waals surface area contributed by atoms with Crippen LogP contribution >= 0.6 is 11.3 Å². The van der Waals surface area contributed by atoms with Gasteiger partial charge in [0.05, 0.1) is 11.1 Å². The molecule has 1 aliphatic rings. The molecule has 6 heteroatoms. The monoisotopic (exact) mass is 354 g/mol. The van der Waals surface area contributed by atoms with Gasteiger partial charge >= 0.3 is 5.97 Å². The number of thiophene rings is 1. The topological polar surface area (TPSA) is 79.2 Å². The lowest BCUT2D eigenvalue weighted by atomic mass is 9.89. The number of anilines is 1. The number of ether oxygens (including phenoxy) is 1. The molecule has 128 valence electrons. The zero-order chi connectivity index (χ0) is 17.8. The second-order valence-corrected chi connectivity index (χ2v) is 7.26. The van der Waals surface area contributed by atoms with Gasteiger partial charge in [-0.2, -0.15) is 5.26 Å². The maximum Gasteiger partial charge on any atom is 0.338 e. The third kappa shape index (κ3) is 3.89. The van der Waals surface area contributed by atoms with Crippen LogP contribution in [0.25, 0.3) is 0 Å². The molecule has 1 heterocycles. The molecule has 2 aromatic rings. The molecule has 5 nitrogen and oxygen atoms in total. The molecule has 1 N–H and O–H groups in total. The lowest BCUT2D eigenvalue weighted by Crippen LogP contribution is -2.20. The quantitative estimate of drug-likeness (QED) is 0.852. The Labute approximate surface area is 150 Å². The Morgan fingerprint density at radius 1 is 1.36 bits per heavy atom. The summed E-state index contributed by atoms with van der Waals surface area (Å²) in [4.78, 5) is 25.1. The van der Waals surface area contributed by atoms with Crippen molar-refractivity contribution >= 4 is 28.2 Å². The molecule has 0 bridgehead atoms. The summed E-state index contributed by atoms with van der Waals surface area (Å²) in [6.45, 7) is 1.81. The molecule has 1 aliphatic carbocycles. The van der Waals surface area contributed by atoms with Crippen molar-refractivity contribution in [2.24, 2.45) is 5.92 Å². The largest absolute Gasteiger partial charge is 0.452 e. The third-order valence-electron chi connectivity index (χ3n) is 4.22. The van der Waals surface area contributed by atoms with Crippen LogP contribution in [0.15, 0.2) is 30.3 Å². The third-order valence-corrected chi connectivity index (χ3v) is 5.39. The zero-order valence-corrected chi connectivity index (χ0v) is 14.7. The number of benzene rings is 1. The fourth-order valence-corrected chi connectivity index (χ4v) is 4.29. The second-order valence-electron chi connectivity index (χ2n) is 6.16. The fourth-order valence-electron chi connectivity index (χ4n) is 2.91. The Hall–Kier alpha value is -2.65. The van der Waals surface area contributed by atoms with Gasteiger partial charge in [0.25, 0.3) is 5.91 Å². The highest BCUT2D eigenvalue weighted by atomic mass is 32.1. The van der Waals surface area contributed by atoms with Crippen LogP contribution < -0.4 is 5.32 Å². The average molecular weight is 354 g/mol. The second kappa shape index (κ2) is 7.49. The molecule has 0 saturated carbocycles. The normalized spacial score (nSPS) is 15.8. The Balaban J connectivity index is 1.64. The van der Waals surface area contributed by atoms with E-state index in [1.807, 2.05) is 0 Å². The first-order chi connectivity index (χ1) is 12.1. The van der Waals surface area contributed by atoms with Crippen LogP contribution in [0.5, 0.6) is 0 Å². The van der Waals surface area contributed by atoms with Gasteiger partial charge in [-0.15, -0.1) is 11.3 Å². The summed E-state index contributed by atoms with van der Waals surface area (Å²) in [7, 11) is 0. The van der Waals surface area contributed by atoms with Crippen LogP contribution in [-0.4, -0.2) is 18.5 Å². The number of carbonyl (C=O) groups is 2. The highest BCUT2D eigenvalue weighted by Crippen LogP contribution is 2.39. The van der Waals surface area contributed by atoms with Gasteiger partial charge in [0.15, 0.2) is 6.61 Å². The van der Waals surface area contributed by atoms with E-state index in [-0.39, 0.29) is 6.61 Å². The Morgan fingerprint density at radius 2 is 2.12 bits per heavy atom. The number of carbonyl (C=O) groups excluding carboxylic acids is 2. The van der Waals surface area contributed by atoms with Crippen molar-refractivity contribution in [1.82, 2.24) is 0 Å². The molecule has 0 spiro atoms. The zero-order valence-electron chi connectivity index (χ0n) is 13.9. The van der Waals surface area contributed by atoms with E-state index >= 15 is 0 Å². The summed E-state index contributed by atoms with van der Waals surface area (Å²) < 4.78 is 5.03. The Morgan fingerprint density at radius 3 is 2.84 bits per heavy atom. The number of hydrogen-bond acceptors (Lipinski definition) is 5. The van der Waals surface area contributed by atoms with Gasteiger partial charge in [-0.25, -0.2) is 4.79 Å². The number of nitrogens with one attached hydrogen (secondary N) is 1. The first-order valence-corrected chi connectivity index (χ1v) is 8.96. The summed E-state index contributed by atoms with van der Waals surface area (Å²) in [5.74, 6) is -0.393. The number of rotatable bonds is 4. The molecule has 25 heavy (non-hydrogen) atoms. The molecule has 1 amide bonds. The molecule has 3 rings (SSSR count). The predicted octanol–water partition coefficient (Wildman–Crippen LogP) is 3.54. The first kappa shape index (κ1) is 17.2. The van der Waals surface area contributed by atoms with Crippen molar-refractivity contribution in [1.29, 1.82) is 5.26 Å². The molecule has 0 unspecified atom stereocenters. The summed E-state index contributed by atoms with van der Waals surface area (Å²) in [5, 5.41) is 12.7. The van der Waals surface area contributed by atoms with Crippen LogP contribution in [0, 0.1) is 17.2 Å². The van der Waals surface area contributed by atoms with E-state index in [2.05, 4.69) is 18.3 Å². The van der Waals surface area contributed by atoms with Crippen LogP contribution in [-0.2, 0) is 22.4 Å². The number of amides is 1. The van der Waals surface area contributed by atoms with Crippen molar-refractivity contribution in [3.63, 3.8) is 0 Å². The summed E-state index contributed by atoms with van der Waals surface area (Å²) >= 11 is 1.45. The van der Waals surface area contributed by atoms with Gasteiger partial charge in [0, 0.05) is 4.88 Å². The van der Waals surface area contributed by atoms with Crippen LogP contribution in [0.4, 0.5) is 5.00 Å². The molecule has 1 aromatic heterocycles. The number of esters is 1. The maximum atomic E-state index is 12.1. The maximum absolute atomic E-state index is 12.1. The average Bonchev–Trinajstić information content (AvgIpc) is 2.96. The smallest absolute Gasteiger partial charge is 0.338 e. The molecular formula is C19H18N2O3S. The van der Waals surface area contributed by atoms with E-state index in [4.69, 9.17) is 4.74 Å². The summed E-state index contributed by atoms with van der Waals surface area (Å²) in [5.41, 5.74) is 2.01. The van der Waals surface area contributed by atoms with Crippen molar-refractivity contribution < 1.29 is 14.3 Å². The predicted molar refractivity (Wildman–Crippen MR) is 95.6 cm³/mol. The molecule has 0 fully saturated rings. The van der Waals surface area contributed by atoms with Crippen molar-refractivity contribution in [3.05, 3.63) is 51.9 Å². The molecule has 1 atom stereocenters. The van der Waals surface area contributed by atoms with Crippen LogP contribution in [0.2, 0.25) is 0 Å². The van der Waals surface area contributed by atoms with E-state index in [0.717, 1.165) is 24.8 Å². The lowest BCUT2D eigenvalue weighted by molar-refractivity contribution is -0.119. The minimum absolute atomic E-state index is 0.377. The van der Waals surface area contributed by atoms with Crippen molar-refractivity contribution in [3.8, 4) is 6.07 Å². The van der Waals surface area contributed by atoms with E-state index in [1.165, 1.54) is 16.2 Å². The minimum atomic E-state index is -0.546. The van der Waals surface area contributed by atoms with Gasteiger partial charge < -0.3 is 10.1 Å². The number of nitrogens with zero attached hydrogens (tertiary/aromatic N) is 1. The number of hydrogen-bond donors (Lipinski definition) is 1. The van der Waals surface area contributed by atoms with E-state index in [1.54, 1.807) is 30.3 Å². The summed E-state index contributed by atoms with van der Waals surface area (Å²) in [6.07, 6.45) is 2.86. The first-order valence-electron chi connectivity index (χ1n) is 8.15. The van der Waals surface area contributed by atoms with Gasteiger partial charge in [0.1, 0.15) is 11.1 Å². The highest BCUT2D eigenvalue weighted by Gasteiger charge is 2.24. The van der Waals surface area contributed by atoms with Gasteiger partial charge in [-0.3, -0.25) is 4.79 Å². The summed E-state index contributed by atoms with van der Waals surface area (Å²) in [6, 6.07) is 10.7. The molecule has 1 aromatic carbocycles. The highest BCUT2D eigenvalue weighted by molar-refractivity contribution is 7.16. The van der Waals surface area contributed by atoms with E-state index < -0.39 is 11.9 Å². The fraction of sp³-hybridized carbons (Fsp3) is 0.316. The van der Waals surface area contributed by atoms with Gasteiger partial charge in [0.2, 0.25) is 0 Å². The molecule has 0 aliphatic heterocycles. The van der Waals surface area contributed by atoms with E-state index in [0.29, 0.717) is 22.0 Å². The standard InChI is InChI=1S/C19H18N2O3S/c1-12-7-8-14-15(10-20)18(25-16(14)9-12)21-17(22)11-24-19(23)13-5-3-2-4-6-13/h2-6,12H,7-9,11H2,1H3,(H,21,22)/t12-/m0/s1. The molecular weight excluding hydrogens is 336 g/mol. The van der Waals surface area contributed by atoms with Crippen molar-refractivity contribution in [2.75, 3.05) is 11.9 Å². The Kier molecular flexibility index (Phi) is 5.15. The van der Waals surface area contributed by atoms with E-state index in [9.17, 15) is 14.9 Å². The lowest BCUT2D eigenvalue weighted by Gasteiger charge is -2.17. The minimum Gasteiger partial charge on any atom is -0.452 e. The number of nitriles is 1. The SMILES string of the molecule is C[C@H]1CCc2c(sc(NC(=O)COC(=O)c3ccccc3)c2C#N)C1. The van der Waals surface area contributed by atoms with Crippen LogP contribution in [0.3, 0.4) is 0 Å². The van der Waals surface area contributed by atoms with Gasteiger partial charge in [-0.05, 0) is 42.9 Å². The van der Waals surface area contributed by atoms with Crippen LogP contribution in [0.1, 0.15) is 39.7 Å². The number of fused-ring (bicyclic) bond motifs is 1.